The SMILES string of the molecule is CNC(=O)NC12CC3(C)CC(C)(CC(C)(C3)C1)C2. The van der Waals surface area contributed by atoms with Crippen molar-refractivity contribution >= 4 is 6.03 Å². The van der Waals surface area contributed by atoms with Gasteiger partial charge < -0.3 is 10.6 Å². The predicted molar refractivity (Wildman–Crippen MR) is 72.3 cm³/mol. The zero-order valence-electron chi connectivity index (χ0n) is 12.2. The first-order chi connectivity index (χ1) is 8.20. The Hall–Kier alpha value is -0.730. The molecule has 4 aliphatic carbocycles. The number of nitrogens with one attached hydrogen (secondary N) is 2. The number of carbonyl (C=O) groups excluding carboxylic acids is 1. The van der Waals surface area contributed by atoms with Crippen molar-refractivity contribution in [1.29, 1.82) is 0 Å². The summed E-state index contributed by atoms with van der Waals surface area (Å²) in [5, 5.41) is 6.03. The van der Waals surface area contributed by atoms with Gasteiger partial charge in [-0.15, -0.1) is 0 Å². The molecule has 0 spiro atoms. The van der Waals surface area contributed by atoms with Crippen molar-refractivity contribution in [1.82, 2.24) is 10.6 Å². The highest BCUT2D eigenvalue weighted by atomic mass is 16.2. The van der Waals surface area contributed by atoms with Crippen molar-refractivity contribution in [2.45, 2.75) is 64.8 Å². The van der Waals surface area contributed by atoms with Gasteiger partial charge in [0.2, 0.25) is 0 Å². The molecule has 3 heteroatoms. The average Bonchev–Trinajstić information content (AvgIpc) is 2.08. The minimum atomic E-state index is -0.00671. The summed E-state index contributed by atoms with van der Waals surface area (Å²) in [6, 6.07) is -0.00671. The van der Waals surface area contributed by atoms with Crippen LogP contribution in [0.3, 0.4) is 0 Å². The van der Waals surface area contributed by atoms with E-state index in [0.29, 0.717) is 16.2 Å². The van der Waals surface area contributed by atoms with Crippen LogP contribution in [0.2, 0.25) is 0 Å². The molecular weight excluding hydrogens is 224 g/mol. The second-order valence-electron chi connectivity index (χ2n) is 8.48. The molecule has 0 aromatic carbocycles. The van der Waals surface area contributed by atoms with Gasteiger partial charge in [0.25, 0.3) is 0 Å². The zero-order chi connectivity index (χ0) is 13.2. The molecule has 4 rings (SSSR count). The van der Waals surface area contributed by atoms with Gasteiger partial charge in [-0.2, -0.15) is 0 Å². The van der Waals surface area contributed by atoms with Gasteiger partial charge in [0, 0.05) is 12.6 Å². The van der Waals surface area contributed by atoms with Crippen molar-refractivity contribution in [3.63, 3.8) is 0 Å². The fourth-order valence-electron chi connectivity index (χ4n) is 6.73. The monoisotopic (exact) mass is 250 g/mol. The molecule has 2 amide bonds. The van der Waals surface area contributed by atoms with Crippen molar-refractivity contribution in [3.8, 4) is 0 Å². The Labute approximate surface area is 110 Å². The van der Waals surface area contributed by atoms with E-state index in [1.54, 1.807) is 7.05 Å². The molecule has 102 valence electrons. The molecular formula is C15H26N2O. The summed E-state index contributed by atoms with van der Waals surface area (Å²) in [5.74, 6) is 0. The Kier molecular flexibility index (Phi) is 2.21. The first kappa shape index (κ1) is 12.3. The molecule has 0 atom stereocenters. The zero-order valence-corrected chi connectivity index (χ0v) is 12.2. The number of amides is 2. The van der Waals surface area contributed by atoms with E-state index in [-0.39, 0.29) is 11.6 Å². The van der Waals surface area contributed by atoms with Crippen molar-refractivity contribution < 1.29 is 4.79 Å². The van der Waals surface area contributed by atoms with Gasteiger partial charge in [0.1, 0.15) is 0 Å². The van der Waals surface area contributed by atoms with Gasteiger partial charge in [-0.25, -0.2) is 4.79 Å². The second-order valence-corrected chi connectivity index (χ2v) is 8.48. The summed E-state index contributed by atoms with van der Waals surface area (Å²) in [5.41, 5.74) is 1.34. The van der Waals surface area contributed by atoms with E-state index in [1.807, 2.05) is 0 Å². The van der Waals surface area contributed by atoms with Crippen LogP contribution in [-0.4, -0.2) is 18.6 Å². The fourth-order valence-corrected chi connectivity index (χ4v) is 6.73. The highest BCUT2D eigenvalue weighted by Crippen LogP contribution is 2.70. The van der Waals surface area contributed by atoms with Crippen LogP contribution in [0.5, 0.6) is 0 Å². The van der Waals surface area contributed by atoms with Gasteiger partial charge in [0.05, 0.1) is 0 Å². The Bertz CT molecular complexity index is 350. The normalized spacial score (nSPS) is 53.3. The van der Waals surface area contributed by atoms with Crippen LogP contribution < -0.4 is 10.6 Å². The van der Waals surface area contributed by atoms with Crippen LogP contribution in [-0.2, 0) is 0 Å². The first-order valence-electron chi connectivity index (χ1n) is 7.20. The molecule has 4 saturated carbocycles. The van der Waals surface area contributed by atoms with Crippen molar-refractivity contribution in [2.75, 3.05) is 7.05 Å². The van der Waals surface area contributed by atoms with Crippen LogP contribution >= 0.6 is 0 Å². The quantitative estimate of drug-likeness (QED) is 0.738. The lowest BCUT2D eigenvalue weighted by Gasteiger charge is -2.69. The smallest absolute Gasteiger partial charge is 0.314 e. The summed E-state index contributed by atoms with van der Waals surface area (Å²) >= 11 is 0. The van der Waals surface area contributed by atoms with Gasteiger partial charge in [-0.1, -0.05) is 20.8 Å². The van der Waals surface area contributed by atoms with E-state index in [9.17, 15) is 4.79 Å². The average molecular weight is 250 g/mol. The molecule has 18 heavy (non-hydrogen) atoms. The molecule has 0 radical (unpaired) electrons. The fraction of sp³-hybridized carbons (Fsp3) is 0.933. The number of hydrogen-bond donors (Lipinski definition) is 2. The van der Waals surface area contributed by atoms with Crippen molar-refractivity contribution in [2.24, 2.45) is 16.2 Å². The predicted octanol–water partition coefficient (Wildman–Crippen LogP) is 3.05. The Morgan fingerprint density at radius 2 is 1.22 bits per heavy atom. The second kappa shape index (κ2) is 3.23. The lowest BCUT2D eigenvalue weighted by Crippen LogP contribution is -2.68. The van der Waals surface area contributed by atoms with E-state index in [4.69, 9.17) is 0 Å². The van der Waals surface area contributed by atoms with Crippen LogP contribution in [0.15, 0.2) is 0 Å². The summed E-state index contributed by atoms with van der Waals surface area (Å²) in [6.07, 6.45) is 7.52. The molecule has 0 saturated heterocycles. The molecule has 3 nitrogen and oxygen atoms in total. The molecule has 2 N–H and O–H groups in total. The molecule has 0 heterocycles. The van der Waals surface area contributed by atoms with Gasteiger partial charge in [-0.3, -0.25) is 0 Å². The van der Waals surface area contributed by atoms with Gasteiger partial charge >= 0.3 is 6.03 Å². The molecule has 0 aromatic heterocycles. The lowest BCUT2D eigenvalue weighted by atomic mass is 9.38. The highest BCUT2D eigenvalue weighted by molar-refractivity contribution is 5.74. The third-order valence-electron chi connectivity index (χ3n) is 5.46. The highest BCUT2D eigenvalue weighted by Gasteiger charge is 2.64. The number of hydrogen-bond acceptors (Lipinski definition) is 1. The maximum atomic E-state index is 11.8. The first-order valence-corrected chi connectivity index (χ1v) is 7.20. The minimum absolute atomic E-state index is 0.00671. The number of rotatable bonds is 1. The molecule has 4 fully saturated rings. The molecule has 0 aliphatic heterocycles. The number of urea groups is 1. The van der Waals surface area contributed by atoms with E-state index < -0.39 is 0 Å². The summed E-state index contributed by atoms with van der Waals surface area (Å²) < 4.78 is 0. The lowest BCUT2D eigenvalue weighted by molar-refractivity contribution is -0.154. The van der Waals surface area contributed by atoms with Crippen LogP contribution in [0, 0.1) is 16.2 Å². The third-order valence-corrected chi connectivity index (χ3v) is 5.46. The largest absolute Gasteiger partial charge is 0.341 e. The van der Waals surface area contributed by atoms with Gasteiger partial charge in [0.15, 0.2) is 0 Å². The van der Waals surface area contributed by atoms with E-state index in [1.165, 1.54) is 38.5 Å². The standard InChI is InChI=1S/C15H26N2O/c1-12-5-13(2)7-14(3,6-12)10-15(8-12,9-13)17-11(18)16-4/h5-10H2,1-4H3,(H2,16,17,18). The van der Waals surface area contributed by atoms with Gasteiger partial charge in [-0.05, 0) is 54.8 Å². The van der Waals surface area contributed by atoms with Crippen molar-refractivity contribution in [3.05, 3.63) is 0 Å². The third kappa shape index (κ3) is 1.74. The Morgan fingerprint density at radius 1 is 0.833 bits per heavy atom. The number of carbonyl (C=O) groups is 1. The van der Waals surface area contributed by atoms with Crippen LogP contribution in [0.1, 0.15) is 59.3 Å². The van der Waals surface area contributed by atoms with Crippen LogP contribution in [0.25, 0.3) is 0 Å². The summed E-state index contributed by atoms with van der Waals surface area (Å²) in [4.78, 5) is 11.8. The summed E-state index contributed by atoms with van der Waals surface area (Å²) in [7, 11) is 1.71. The molecule has 4 bridgehead atoms. The Morgan fingerprint density at radius 3 is 1.56 bits per heavy atom. The summed E-state index contributed by atoms with van der Waals surface area (Å²) in [6.45, 7) is 7.30. The maximum absolute atomic E-state index is 11.8. The molecule has 0 aromatic rings. The maximum Gasteiger partial charge on any atom is 0.314 e. The Balaban J connectivity index is 1.95. The topological polar surface area (TPSA) is 41.1 Å². The minimum Gasteiger partial charge on any atom is -0.341 e. The molecule has 0 unspecified atom stereocenters. The van der Waals surface area contributed by atoms with Crippen LogP contribution in [0.4, 0.5) is 4.79 Å². The van der Waals surface area contributed by atoms with E-state index in [0.717, 1.165) is 0 Å². The molecule has 4 aliphatic rings. The van der Waals surface area contributed by atoms with E-state index >= 15 is 0 Å². The van der Waals surface area contributed by atoms with E-state index in [2.05, 4.69) is 31.4 Å².